The van der Waals surface area contributed by atoms with Crippen LogP contribution in [0.15, 0.2) is 23.8 Å². The summed E-state index contributed by atoms with van der Waals surface area (Å²) in [6.45, 7) is 0.396. The largest absolute Gasteiger partial charge is 0.478 e. The van der Waals surface area contributed by atoms with Gasteiger partial charge in [0.2, 0.25) is 5.95 Å². The molecular formula is C12H11F3N2O2. The van der Waals surface area contributed by atoms with E-state index < -0.39 is 18.0 Å². The maximum absolute atomic E-state index is 13.1. The van der Waals surface area contributed by atoms with Gasteiger partial charge in [-0.25, -0.2) is 9.78 Å². The summed E-state index contributed by atoms with van der Waals surface area (Å²) in [5, 5.41) is 9.01. The SMILES string of the molecule is O=C(O)c1ccc(F)nc1N1CCC(=C(F)F)CC1. The minimum Gasteiger partial charge on any atom is -0.478 e. The number of anilines is 1. The number of halogens is 3. The first kappa shape index (κ1) is 13.4. The third-order valence-electron chi connectivity index (χ3n) is 3.01. The van der Waals surface area contributed by atoms with Crippen LogP contribution >= 0.6 is 0 Å². The maximum atomic E-state index is 13.1. The van der Waals surface area contributed by atoms with E-state index in [1.54, 1.807) is 0 Å². The highest BCUT2D eigenvalue weighted by molar-refractivity contribution is 5.93. The number of hydrogen-bond donors (Lipinski definition) is 1. The van der Waals surface area contributed by atoms with Crippen LogP contribution < -0.4 is 4.90 Å². The number of pyridine rings is 1. The first-order valence-corrected chi connectivity index (χ1v) is 5.67. The molecule has 102 valence electrons. The average molecular weight is 272 g/mol. The fourth-order valence-electron chi connectivity index (χ4n) is 2.01. The lowest BCUT2D eigenvalue weighted by Crippen LogP contribution is -2.33. The summed E-state index contributed by atoms with van der Waals surface area (Å²) >= 11 is 0. The van der Waals surface area contributed by atoms with Crippen molar-refractivity contribution in [1.29, 1.82) is 0 Å². The van der Waals surface area contributed by atoms with E-state index in [1.165, 1.54) is 4.90 Å². The maximum Gasteiger partial charge on any atom is 0.339 e. The van der Waals surface area contributed by atoms with Crippen molar-refractivity contribution in [1.82, 2.24) is 4.98 Å². The van der Waals surface area contributed by atoms with Crippen molar-refractivity contribution in [2.24, 2.45) is 0 Å². The van der Waals surface area contributed by atoms with Gasteiger partial charge in [-0.2, -0.15) is 13.2 Å². The first-order chi connectivity index (χ1) is 8.99. The molecule has 2 heterocycles. The summed E-state index contributed by atoms with van der Waals surface area (Å²) < 4.78 is 37.9. The van der Waals surface area contributed by atoms with Crippen molar-refractivity contribution in [2.45, 2.75) is 12.8 Å². The number of aromatic nitrogens is 1. The lowest BCUT2D eigenvalue weighted by molar-refractivity contribution is 0.0697. The molecule has 19 heavy (non-hydrogen) atoms. The molecule has 0 amide bonds. The van der Waals surface area contributed by atoms with E-state index >= 15 is 0 Å². The van der Waals surface area contributed by atoms with Crippen molar-refractivity contribution >= 4 is 11.8 Å². The van der Waals surface area contributed by atoms with Crippen molar-refractivity contribution in [3.05, 3.63) is 35.3 Å². The van der Waals surface area contributed by atoms with Gasteiger partial charge in [-0.05, 0) is 30.5 Å². The predicted octanol–water partition coefficient (Wildman–Crippen LogP) is 2.67. The van der Waals surface area contributed by atoms with Gasteiger partial charge >= 0.3 is 5.97 Å². The molecular weight excluding hydrogens is 261 g/mol. The van der Waals surface area contributed by atoms with Crippen LogP contribution in [-0.4, -0.2) is 29.1 Å². The number of rotatable bonds is 2. The Morgan fingerprint density at radius 2 is 1.89 bits per heavy atom. The van der Waals surface area contributed by atoms with Crippen LogP contribution in [0.3, 0.4) is 0 Å². The minimum atomic E-state index is -1.69. The van der Waals surface area contributed by atoms with Crippen LogP contribution in [0.25, 0.3) is 0 Å². The summed E-state index contributed by atoms with van der Waals surface area (Å²) in [6, 6.07) is 2.09. The molecule has 4 nitrogen and oxygen atoms in total. The Hall–Kier alpha value is -2.05. The molecule has 7 heteroatoms. The van der Waals surface area contributed by atoms with Crippen LogP contribution in [0.5, 0.6) is 0 Å². The van der Waals surface area contributed by atoms with Gasteiger partial charge in [0.25, 0.3) is 6.08 Å². The van der Waals surface area contributed by atoms with Gasteiger partial charge in [-0.15, -0.1) is 0 Å². The number of carboxylic acids is 1. The van der Waals surface area contributed by atoms with Crippen LogP contribution in [0.2, 0.25) is 0 Å². The van der Waals surface area contributed by atoms with Gasteiger partial charge in [-0.3, -0.25) is 0 Å². The summed E-state index contributed by atoms with van der Waals surface area (Å²) in [6.07, 6.45) is -1.44. The van der Waals surface area contributed by atoms with Gasteiger partial charge in [0.15, 0.2) is 0 Å². The molecule has 0 saturated carbocycles. The second kappa shape index (κ2) is 5.29. The molecule has 2 rings (SSSR count). The van der Waals surface area contributed by atoms with Crippen molar-refractivity contribution in [3.63, 3.8) is 0 Å². The molecule has 0 atom stereocenters. The molecule has 1 aromatic heterocycles. The van der Waals surface area contributed by atoms with Crippen molar-refractivity contribution < 1.29 is 23.1 Å². The lowest BCUT2D eigenvalue weighted by Gasteiger charge is -2.29. The van der Waals surface area contributed by atoms with Gasteiger partial charge in [0.05, 0.1) is 0 Å². The number of aromatic carboxylic acids is 1. The number of nitrogens with zero attached hydrogens (tertiary/aromatic N) is 2. The van der Waals surface area contributed by atoms with Crippen molar-refractivity contribution in [3.8, 4) is 0 Å². The number of hydrogen-bond acceptors (Lipinski definition) is 3. The van der Waals surface area contributed by atoms with Gasteiger partial charge in [-0.1, -0.05) is 0 Å². The number of piperidine rings is 1. The van der Waals surface area contributed by atoms with Crippen LogP contribution in [0.1, 0.15) is 23.2 Å². The molecule has 0 spiro atoms. The highest BCUT2D eigenvalue weighted by Gasteiger charge is 2.23. The Kier molecular flexibility index (Phi) is 3.73. The fraction of sp³-hybridized carbons (Fsp3) is 0.333. The summed E-state index contributed by atoms with van der Waals surface area (Å²) in [5.74, 6) is -2.02. The second-order valence-electron chi connectivity index (χ2n) is 4.16. The zero-order valence-electron chi connectivity index (χ0n) is 9.87. The Morgan fingerprint density at radius 1 is 1.26 bits per heavy atom. The van der Waals surface area contributed by atoms with E-state index in [1.807, 2.05) is 0 Å². The van der Waals surface area contributed by atoms with E-state index in [0.29, 0.717) is 0 Å². The van der Waals surface area contributed by atoms with E-state index in [-0.39, 0.29) is 42.9 Å². The third kappa shape index (κ3) is 2.86. The zero-order valence-corrected chi connectivity index (χ0v) is 9.87. The summed E-state index contributed by atoms with van der Waals surface area (Å²) in [7, 11) is 0. The van der Waals surface area contributed by atoms with E-state index in [9.17, 15) is 18.0 Å². The zero-order chi connectivity index (χ0) is 14.0. The molecule has 1 fully saturated rings. The molecule has 1 aliphatic heterocycles. The molecule has 0 bridgehead atoms. The van der Waals surface area contributed by atoms with E-state index in [0.717, 1.165) is 12.1 Å². The van der Waals surface area contributed by atoms with Crippen LogP contribution in [0.4, 0.5) is 19.0 Å². The molecule has 1 N–H and O–H groups in total. The summed E-state index contributed by atoms with van der Waals surface area (Å²) in [4.78, 5) is 16.1. The van der Waals surface area contributed by atoms with E-state index in [2.05, 4.69) is 4.98 Å². The summed E-state index contributed by atoms with van der Waals surface area (Å²) in [5.41, 5.74) is -0.0703. The van der Waals surface area contributed by atoms with Crippen LogP contribution in [0, 0.1) is 5.95 Å². The second-order valence-corrected chi connectivity index (χ2v) is 4.16. The highest BCUT2D eigenvalue weighted by Crippen LogP contribution is 2.27. The smallest absolute Gasteiger partial charge is 0.339 e. The van der Waals surface area contributed by atoms with E-state index in [4.69, 9.17) is 5.11 Å². The van der Waals surface area contributed by atoms with Crippen LogP contribution in [-0.2, 0) is 0 Å². The molecule has 1 aliphatic rings. The van der Waals surface area contributed by atoms with Gasteiger partial charge in [0, 0.05) is 13.1 Å². The highest BCUT2D eigenvalue weighted by atomic mass is 19.3. The first-order valence-electron chi connectivity index (χ1n) is 5.67. The molecule has 0 aromatic carbocycles. The van der Waals surface area contributed by atoms with Crippen molar-refractivity contribution in [2.75, 3.05) is 18.0 Å². The lowest BCUT2D eigenvalue weighted by atomic mass is 10.0. The Labute approximate surface area is 107 Å². The quantitative estimate of drug-likeness (QED) is 0.841. The molecule has 1 saturated heterocycles. The molecule has 0 unspecified atom stereocenters. The third-order valence-corrected chi connectivity index (χ3v) is 3.01. The Balaban J connectivity index is 2.26. The molecule has 1 aromatic rings. The number of carbonyl (C=O) groups is 1. The minimum absolute atomic E-state index is 0.00850. The predicted molar refractivity (Wildman–Crippen MR) is 61.8 cm³/mol. The standard InChI is InChI=1S/C12H11F3N2O2/c13-9-2-1-8(12(18)19)11(16-9)17-5-3-7(4-6-17)10(14)15/h1-2H,3-6H2,(H,18,19). The molecule has 0 radical (unpaired) electrons. The topological polar surface area (TPSA) is 53.4 Å². The Bertz CT molecular complexity index is 532. The molecule has 0 aliphatic carbocycles. The average Bonchev–Trinajstić information content (AvgIpc) is 2.38. The number of carboxylic acid groups (broad SMARTS) is 1. The normalized spacial score (nSPS) is 15.5. The Morgan fingerprint density at radius 3 is 2.42 bits per heavy atom. The fourth-order valence-corrected chi connectivity index (χ4v) is 2.01. The monoisotopic (exact) mass is 272 g/mol. The van der Waals surface area contributed by atoms with Gasteiger partial charge < -0.3 is 10.0 Å². The van der Waals surface area contributed by atoms with Gasteiger partial charge in [0.1, 0.15) is 11.4 Å².